The fraction of sp³-hybridized carbons (Fsp3) is 0.600. The molecule has 0 aromatic rings. The largest absolute Gasteiger partial charge is 0.772 e. The second-order valence-corrected chi connectivity index (χ2v) is 5.70. The number of likely N-dealkylation sites (N-methyl/N-ethyl adjacent to an activating group) is 1. The average molecular weight is 346 g/mol. The molecular formula is C15H28N3O4S-. The molecule has 0 spiro atoms. The number of hydrogen-bond donors (Lipinski definition) is 2. The fourth-order valence-electron chi connectivity index (χ4n) is 1.73. The van der Waals surface area contributed by atoms with Gasteiger partial charge in [-0.3, -0.25) is 9.05 Å². The van der Waals surface area contributed by atoms with Crippen LogP contribution in [0.2, 0.25) is 0 Å². The highest BCUT2D eigenvalue weighted by molar-refractivity contribution is 7.79. The summed E-state index contributed by atoms with van der Waals surface area (Å²) in [5, 5.41) is 7.86. The number of hydrogen-bond acceptors (Lipinski definition) is 7. The SMILES string of the molecule is C=C/C(=C/C(NC(=C)[C@H](C)OC)N(CCS(=O)[O-])OC)NCC. The Labute approximate surface area is 141 Å². The molecule has 0 fully saturated rings. The van der Waals surface area contributed by atoms with Crippen LogP contribution in [0.5, 0.6) is 0 Å². The van der Waals surface area contributed by atoms with Crippen LogP contribution < -0.4 is 10.6 Å². The molecule has 0 aliphatic rings. The topological polar surface area (TPSA) is 85.9 Å². The molecule has 0 aromatic heterocycles. The first-order valence-corrected chi connectivity index (χ1v) is 8.56. The van der Waals surface area contributed by atoms with E-state index in [2.05, 4.69) is 23.8 Å². The number of methoxy groups -OCH3 is 1. The predicted molar refractivity (Wildman–Crippen MR) is 92.0 cm³/mol. The van der Waals surface area contributed by atoms with Crippen molar-refractivity contribution >= 4 is 11.1 Å². The van der Waals surface area contributed by atoms with Gasteiger partial charge >= 0.3 is 0 Å². The maximum Gasteiger partial charge on any atom is 0.124 e. The van der Waals surface area contributed by atoms with E-state index in [1.165, 1.54) is 12.2 Å². The number of allylic oxidation sites excluding steroid dienone is 1. The average Bonchev–Trinajstić information content (AvgIpc) is 2.53. The van der Waals surface area contributed by atoms with Crippen molar-refractivity contribution < 1.29 is 18.3 Å². The summed E-state index contributed by atoms with van der Waals surface area (Å²) in [6.07, 6.45) is 2.90. The third kappa shape index (κ3) is 8.87. The molecule has 7 nitrogen and oxygen atoms in total. The minimum Gasteiger partial charge on any atom is -0.772 e. The van der Waals surface area contributed by atoms with E-state index in [1.807, 2.05) is 19.9 Å². The zero-order valence-corrected chi connectivity index (χ0v) is 15.1. The molecule has 0 aliphatic heterocycles. The van der Waals surface area contributed by atoms with Gasteiger partial charge in [-0.05, 0) is 26.0 Å². The number of ether oxygens (including phenoxy) is 1. The number of nitrogens with one attached hydrogen (secondary N) is 2. The Bertz CT molecular complexity index is 429. The third-order valence-corrected chi connectivity index (χ3v) is 3.65. The summed E-state index contributed by atoms with van der Waals surface area (Å²) in [6.45, 7) is 12.5. The van der Waals surface area contributed by atoms with Gasteiger partial charge in [0, 0.05) is 37.3 Å². The molecule has 2 N–H and O–H groups in total. The highest BCUT2D eigenvalue weighted by atomic mass is 32.2. The molecule has 0 saturated heterocycles. The van der Waals surface area contributed by atoms with E-state index < -0.39 is 17.2 Å². The maximum atomic E-state index is 10.8. The summed E-state index contributed by atoms with van der Waals surface area (Å²) in [5.41, 5.74) is 1.45. The molecule has 0 bridgehead atoms. The monoisotopic (exact) mass is 346 g/mol. The summed E-state index contributed by atoms with van der Waals surface area (Å²) < 4.78 is 26.9. The first-order chi connectivity index (χ1) is 10.9. The van der Waals surface area contributed by atoms with Crippen LogP contribution >= 0.6 is 0 Å². The van der Waals surface area contributed by atoms with Crippen LogP contribution in [0.4, 0.5) is 0 Å². The number of hydroxylamine groups is 2. The van der Waals surface area contributed by atoms with Crippen LogP contribution in [-0.4, -0.2) is 59.2 Å². The highest BCUT2D eigenvalue weighted by Gasteiger charge is 2.19. The van der Waals surface area contributed by atoms with E-state index in [9.17, 15) is 8.76 Å². The Morgan fingerprint density at radius 3 is 2.57 bits per heavy atom. The summed E-state index contributed by atoms with van der Waals surface area (Å²) in [7, 11) is 3.07. The zero-order valence-electron chi connectivity index (χ0n) is 14.3. The fourth-order valence-corrected chi connectivity index (χ4v) is 2.06. The summed E-state index contributed by atoms with van der Waals surface area (Å²) in [4.78, 5) is 5.31. The Morgan fingerprint density at radius 1 is 1.48 bits per heavy atom. The van der Waals surface area contributed by atoms with Crippen molar-refractivity contribution in [3.05, 3.63) is 36.7 Å². The second-order valence-electron chi connectivity index (χ2n) is 4.68. The predicted octanol–water partition coefficient (Wildman–Crippen LogP) is 0.873. The van der Waals surface area contributed by atoms with Gasteiger partial charge in [0.2, 0.25) is 0 Å². The van der Waals surface area contributed by atoms with Gasteiger partial charge in [-0.25, -0.2) is 0 Å². The molecule has 0 radical (unpaired) electrons. The van der Waals surface area contributed by atoms with Gasteiger partial charge in [-0.15, -0.1) is 0 Å². The van der Waals surface area contributed by atoms with Crippen LogP contribution in [0.3, 0.4) is 0 Å². The maximum absolute atomic E-state index is 10.8. The highest BCUT2D eigenvalue weighted by Crippen LogP contribution is 2.08. The van der Waals surface area contributed by atoms with Crippen molar-refractivity contribution in [3.8, 4) is 0 Å². The van der Waals surface area contributed by atoms with Gasteiger partial charge in [0.25, 0.3) is 0 Å². The van der Waals surface area contributed by atoms with Gasteiger partial charge in [0.05, 0.1) is 13.2 Å². The molecular weight excluding hydrogens is 318 g/mol. The van der Waals surface area contributed by atoms with Crippen molar-refractivity contribution in [1.29, 1.82) is 0 Å². The lowest BCUT2D eigenvalue weighted by Crippen LogP contribution is -2.46. The Morgan fingerprint density at radius 2 is 2.13 bits per heavy atom. The van der Waals surface area contributed by atoms with Crippen LogP contribution in [0.25, 0.3) is 0 Å². The zero-order chi connectivity index (χ0) is 17.8. The van der Waals surface area contributed by atoms with E-state index in [0.29, 0.717) is 5.70 Å². The lowest BCUT2D eigenvalue weighted by atomic mass is 10.2. The Kier molecular flexibility index (Phi) is 11.6. The summed E-state index contributed by atoms with van der Waals surface area (Å²) in [5.74, 6) is -0.0448. The quantitative estimate of drug-likeness (QED) is 0.221. The Hall–Kier alpha value is -1.19. The van der Waals surface area contributed by atoms with E-state index in [4.69, 9.17) is 9.57 Å². The van der Waals surface area contributed by atoms with E-state index >= 15 is 0 Å². The van der Waals surface area contributed by atoms with E-state index in [1.54, 1.807) is 13.2 Å². The van der Waals surface area contributed by atoms with Crippen LogP contribution in [0.1, 0.15) is 13.8 Å². The van der Waals surface area contributed by atoms with Gasteiger partial charge < -0.3 is 19.9 Å². The molecule has 0 amide bonds. The summed E-state index contributed by atoms with van der Waals surface area (Å²) in [6, 6.07) is 0. The minimum absolute atomic E-state index is 0.0448. The first-order valence-electron chi connectivity index (χ1n) is 7.32. The molecule has 134 valence electrons. The molecule has 23 heavy (non-hydrogen) atoms. The number of rotatable bonds is 13. The molecule has 0 heterocycles. The Balaban J connectivity index is 5.27. The van der Waals surface area contributed by atoms with Crippen molar-refractivity contribution in [2.24, 2.45) is 0 Å². The smallest absolute Gasteiger partial charge is 0.124 e. The van der Waals surface area contributed by atoms with Crippen LogP contribution in [0, 0.1) is 0 Å². The van der Waals surface area contributed by atoms with Gasteiger partial charge in [0.15, 0.2) is 0 Å². The van der Waals surface area contributed by atoms with Crippen LogP contribution in [-0.2, 0) is 20.7 Å². The van der Waals surface area contributed by atoms with Crippen LogP contribution in [0.15, 0.2) is 36.7 Å². The first kappa shape index (κ1) is 21.8. The van der Waals surface area contributed by atoms with Crippen molar-refractivity contribution in [3.63, 3.8) is 0 Å². The molecule has 0 saturated carbocycles. The molecule has 0 aromatic carbocycles. The molecule has 0 rings (SSSR count). The minimum atomic E-state index is -2.15. The van der Waals surface area contributed by atoms with Crippen molar-refractivity contribution in [2.45, 2.75) is 26.1 Å². The van der Waals surface area contributed by atoms with Gasteiger partial charge in [0.1, 0.15) is 6.17 Å². The standard InChI is InChI=1S/C15H29N3O4S/c1-7-14(16-8-2)11-15(17-12(3)13(4)21-5)18(22-6)9-10-23(19)20/h7,11,13,15-17H,1,3,8-10H2,2,4-6H3,(H,19,20)/p-1/b14-11-/t13-,15?/m0/s1. The van der Waals surface area contributed by atoms with Gasteiger partial charge in [-0.1, -0.05) is 24.2 Å². The van der Waals surface area contributed by atoms with Gasteiger partial charge in [-0.2, -0.15) is 5.06 Å². The summed E-state index contributed by atoms with van der Waals surface area (Å²) >= 11 is -2.15. The van der Waals surface area contributed by atoms with E-state index in [-0.39, 0.29) is 18.4 Å². The molecule has 3 atom stereocenters. The van der Waals surface area contributed by atoms with Crippen molar-refractivity contribution in [2.75, 3.05) is 33.1 Å². The normalized spacial score (nSPS) is 15.8. The molecule has 8 heteroatoms. The third-order valence-electron chi connectivity index (χ3n) is 3.14. The molecule has 2 unspecified atom stereocenters. The number of nitrogens with zero attached hydrogens (tertiary/aromatic N) is 1. The second kappa shape index (κ2) is 12.3. The lowest BCUT2D eigenvalue weighted by Gasteiger charge is -2.31. The van der Waals surface area contributed by atoms with E-state index in [0.717, 1.165) is 12.2 Å². The molecule has 0 aliphatic carbocycles. The lowest BCUT2D eigenvalue weighted by molar-refractivity contribution is -0.152. The van der Waals surface area contributed by atoms with Crippen molar-refractivity contribution in [1.82, 2.24) is 15.7 Å².